The number of hydrogen-bond donors (Lipinski definition) is 2. The zero-order valence-corrected chi connectivity index (χ0v) is 13.7. The average Bonchev–Trinajstić information content (AvgIpc) is 2.46. The summed E-state index contributed by atoms with van der Waals surface area (Å²) in [5.74, 6) is 0. The van der Waals surface area contributed by atoms with E-state index in [0.29, 0.717) is 11.4 Å². The van der Waals surface area contributed by atoms with Crippen LogP contribution in [0.5, 0.6) is 0 Å². The number of nitrogens with zero attached hydrogens (tertiary/aromatic N) is 1. The summed E-state index contributed by atoms with van der Waals surface area (Å²) in [5.41, 5.74) is 1.85. The standard InChI is InChI=1S/C15H25N3O2S/c1-3-16-12-14-8-7-9-15(13(14)2)21(19,20)17-18-10-5-4-6-11-18/h7-9,16-17H,3-6,10-12H2,1-2H3. The first-order valence-electron chi connectivity index (χ1n) is 7.61. The lowest BCUT2D eigenvalue weighted by molar-refractivity contribution is 0.200. The largest absolute Gasteiger partial charge is 0.313 e. The van der Waals surface area contributed by atoms with Gasteiger partial charge in [0.05, 0.1) is 4.90 Å². The molecule has 0 unspecified atom stereocenters. The molecular weight excluding hydrogens is 286 g/mol. The molecule has 5 nitrogen and oxygen atoms in total. The average molecular weight is 311 g/mol. The van der Waals surface area contributed by atoms with Gasteiger partial charge in [0.1, 0.15) is 0 Å². The summed E-state index contributed by atoms with van der Waals surface area (Å²) in [5, 5.41) is 5.05. The summed E-state index contributed by atoms with van der Waals surface area (Å²) in [4.78, 5) is 3.10. The van der Waals surface area contributed by atoms with E-state index in [-0.39, 0.29) is 0 Å². The Bertz CT molecular complexity index is 566. The Kier molecular flexibility index (Phi) is 5.75. The lowest BCUT2D eigenvalue weighted by atomic mass is 10.1. The highest BCUT2D eigenvalue weighted by atomic mass is 32.2. The zero-order valence-electron chi connectivity index (χ0n) is 12.9. The minimum atomic E-state index is -3.49. The molecule has 0 bridgehead atoms. The van der Waals surface area contributed by atoms with Crippen molar-refractivity contribution in [3.63, 3.8) is 0 Å². The quantitative estimate of drug-likeness (QED) is 0.841. The molecule has 0 spiro atoms. The van der Waals surface area contributed by atoms with Crippen molar-refractivity contribution in [2.24, 2.45) is 0 Å². The second kappa shape index (κ2) is 7.35. The molecule has 1 aliphatic heterocycles. The van der Waals surface area contributed by atoms with Gasteiger partial charge in [0.2, 0.25) is 0 Å². The summed E-state index contributed by atoms with van der Waals surface area (Å²) < 4.78 is 25.1. The molecule has 1 heterocycles. The summed E-state index contributed by atoms with van der Waals surface area (Å²) in [6.07, 6.45) is 3.26. The van der Waals surface area contributed by atoms with Crippen LogP contribution in [0.2, 0.25) is 0 Å². The molecule has 1 aromatic carbocycles. The Morgan fingerprint density at radius 3 is 2.57 bits per heavy atom. The minimum absolute atomic E-state index is 0.378. The number of hydrogen-bond acceptors (Lipinski definition) is 4. The van der Waals surface area contributed by atoms with E-state index in [1.165, 1.54) is 6.42 Å². The van der Waals surface area contributed by atoms with Gasteiger partial charge in [-0.15, -0.1) is 4.83 Å². The number of benzene rings is 1. The van der Waals surface area contributed by atoms with Crippen molar-refractivity contribution in [2.75, 3.05) is 19.6 Å². The molecular formula is C15H25N3O2S. The maximum atomic E-state index is 12.6. The maximum Gasteiger partial charge on any atom is 0.253 e. The van der Waals surface area contributed by atoms with Gasteiger partial charge < -0.3 is 5.32 Å². The molecule has 1 saturated heterocycles. The molecule has 1 fully saturated rings. The highest BCUT2D eigenvalue weighted by Crippen LogP contribution is 2.19. The molecule has 0 aliphatic carbocycles. The van der Waals surface area contributed by atoms with E-state index in [2.05, 4.69) is 10.1 Å². The van der Waals surface area contributed by atoms with E-state index in [9.17, 15) is 8.42 Å². The van der Waals surface area contributed by atoms with Gasteiger partial charge in [-0.25, -0.2) is 13.4 Å². The topological polar surface area (TPSA) is 61.4 Å². The molecule has 2 N–H and O–H groups in total. The second-order valence-corrected chi connectivity index (χ2v) is 7.09. The van der Waals surface area contributed by atoms with Gasteiger partial charge in [0.15, 0.2) is 0 Å². The first-order valence-corrected chi connectivity index (χ1v) is 9.09. The molecule has 1 aromatic rings. The number of rotatable bonds is 6. The van der Waals surface area contributed by atoms with Crippen LogP contribution in [-0.4, -0.2) is 33.1 Å². The van der Waals surface area contributed by atoms with Gasteiger partial charge in [-0.2, -0.15) is 0 Å². The molecule has 6 heteroatoms. The van der Waals surface area contributed by atoms with E-state index < -0.39 is 10.0 Å². The summed E-state index contributed by atoms with van der Waals surface area (Å²) >= 11 is 0. The first-order chi connectivity index (χ1) is 10.0. The van der Waals surface area contributed by atoms with Crippen molar-refractivity contribution in [3.8, 4) is 0 Å². The predicted octanol–water partition coefficient (Wildman–Crippen LogP) is 1.78. The van der Waals surface area contributed by atoms with Gasteiger partial charge >= 0.3 is 0 Å². The molecule has 0 radical (unpaired) electrons. The van der Waals surface area contributed by atoms with Crippen LogP contribution in [0.1, 0.15) is 37.3 Å². The third-order valence-corrected chi connectivity index (χ3v) is 5.38. The van der Waals surface area contributed by atoms with Crippen LogP contribution in [0.4, 0.5) is 0 Å². The summed E-state index contributed by atoms with van der Waals surface area (Å²) in [6.45, 7) is 7.04. The van der Waals surface area contributed by atoms with E-state index in [0.717, 1.165) is 43.6 Å². The van der Waals surface area contributed by atoms with E-state index in [1.807, 2.05) is 31.0 Å². The lowest BCUT2D eigenvalue weighted by Crippen LogP contribution is -2.45. The third-order valence-electron chi connectivity index (χ3n) is 3.86. The number of sulfonamides is 1. The van der Waals surface area contributed by atoms with Gasteiger partial charge in [0, 0.05) is 19.6 Å². The molecule has 0 amide bonds. The van der Waals surface area contributed by atoms with Crippen LogP contribution in [0.3, 0.4) is 0 Å². The normalized spacial score (nSPS) is 17.0. The third kappa shape index (κ3) is 4.26. The summed E-state index contributed by atoms with van der Waals surface area (Å²) in [6, 6.07) is 5.46. The van der Waals surface area contributed by atoms with Crippen molar-refractivity contribution < 1.29 is 8.42 Å². The summed E-state index contributed by atoms with van der Waals surface area (Å²) in [7, 11) is -3.49. The van der Waals surface area contributed by atoms with Crippen molar-refractivity contribution in [2.45, 2.75) is 44.6 Å². The van der Waals surface area contributed by atoms with Crippen LogP contribution in [0, 0.1) is 6.92 Å². The van der Waals surface area contributed by atoms with Gasteiger partial charge in [0.25, 0.3) is 10.0 Å². The second-order valence-electron chi connectivity index (χ2n) is 5.46. The van der Waals surface area contributed by atoms with Crippen molar-refractivity contribution >= 4 is 10.0 Å². The number of hydrazine groups is 1. The molecule has 118 valence electrons. The number of piperidine rings is 1. The Morgan fingerprint density at radius 1 is 1.19 bits per heavy atom. The molecule has 21 heavy (non-hydrogen) atoms. The molecule has 2 rings (SSSR count). The van der Waals surface area contributed by atoms with E-state index >= 15 is 0 Å². The number of nitrogens with one attached hydrogen (secondary N) is 2. The minimum Gasteiger partial charge on any atom is -0.313 e. The van der Waals surface area contributed by atoms with Crippen LogP contribution < -0.4 is 10.1 Å². The van der Waals surface area contributed by atoms with Gasteiger partial charge in [-0.1, -0.05) is 25.5 Å². The Morgan fingerprint density at radius 2 is 1.90 bits per heavy atom. The van der Waals surface area contributed by atoms with Crippen LogP contribution in [0.25, 0.3) is 0 Å². The van der Waals surface area contributed by atoms with Crippen molar-refractivity contribution in [3.05, 3.63) is 29.3 Å². The van der Waals surface area contributed by atoms with Gasteiger partial charge in [-0.05, 0) is 43.5 Å². The van der Waals surface area contributed by atoms with Crippen LogP contribution >= 0.6 is 0 Å². The molecule has 0 saturated carbocycles. The molecule has 0 aromatic heterocycles. The monoisotopic (exact) mass is 311 g/mol. The van der Waals surface area contributed by atoms with Crippen molar-refractivity contribution in [1.29, 1.82) is 0 Å². The van der Waals surface area contributed by atoms with Crippen molar-refractivity contribution in [1.82, 2.24) is 15.2 Å². The van der Waals surface area contributed by atoms with Crippen LogP contribution in [0.15, 0.2) is 23.1 Å². The zero-order chi connectivity index (χ0) is 15.3. The molecule has 1 aliphatic rings. The maximum absolute atomic E-state index is 12.6. The van der Waals surface area contributed by atoms with E-state index in [4.69, 9.17) is 0 Å². The fourth-order valence-corrected chi connectivity index (χ4v) is 4.02. The predicted molar refractivity (Wildman–Crippen MR) is 84.3 cm³/mol. The Hall–Kier alpha value is -0.950. The SMILES string of the molecule is CCNCc1cccc(S(=O)(=O)NN2CCCCC2)c1C. The van der Waals surface area contributed by atoms with Gasteiger partial charge in [-0.3, -0.25) is 0 Å². The highest BCUT2D eigenvalue weighted by Gasteiger charge is 2.22. The van der Waals surface area contributed by atoms with Crippen LogP contribution in [-0.2, 0) is 16.6 Å². The Labute approximate surface area is 127 Å². The first kappa shape index (κ1) is 16.4. The molecule has 0 atom stereocenters. The highest BCUT2D eigenvalue weighted by molar-refractivity contribution is 7.89. The Balaban J connectivity index is 2.18. The fourth-order valence-electron chi connectivity index (χ4n) is 2.61. The fraction of sp³-hybridized carbons (Fsp3) is 0.600. The lowest BCUT2D eigenvalue weighted by Gasteiger charge is -2.27. The van der Waals surface area contributed by atoms with E-state index in [1.54, 1.807) is 6.07 Å². The smallest absolute Gasteiger partial charge is 0.253 e.